The van der Waals surface area contributed by atoms with E-state index in [1.807, 2.05) is 0 Å². The van der Waals surface area contributed by atoms with E-state index in [-0.39, 0.29) is 12.6 Å². The zero-order valence-electron chi connectivity index (χ0n) is 15.6. The molecular formula is C19H24N2O6. The highest BCUT2D eigenvalue weighted by Crippen LogP contribution is 2.37. The van der Waals surface area contributed by atoms with E-state index < -0.39 is 12.1 Å². The van der Waals surface area contributed by atoms with Gasteiger partial charge < -0.3 is 23.8 Å². The van der Waals surface area contributed by atoms with Gasteiger partial charge in [0.05, 0.1) is 19.3 Å². The Balaban J connectivity index is 1.24. The third-order valence-corrected chi connectivity index (χ3v) is 5.47. The number of fused-ring (bicyclic) bond motifs is 1. The molecule has 8 nitrogen and oxygen atoms in total. The molecule has 2 fully saturated rings. The smallest absolute Gasteiger partial charge is 0.410 e. The van der Waals surface area contributed by atoms with E-state index >= 15 is 0 Å². The molecule has 146 valence electrons. The second-order valence-electron chi connectivity index (χ2n) is 7.54. The average molecular weight is 376 g/mol. The first kappa shape index (κ1) is 18.1. The summed E-state index contributed by atoms with van der Waals surface area (Å²) >= 11 is 0. The molecule has 4 rings (SSSR count). The summed E-state index contributed by atoms with van der Waals surface area (Å²) < 4.78 is 21.1. The lowest BCUT2D eigenvalue weighted by molar-refractivity contribution is -0.190. The molecule has 1 spiro atoms. The fourth-order valence-corrected chi connectivity index (χ4v) is 3.62. The van der Waals surface area contributed by atoms with E-state index in [1.165, 1.54) is 4.90 Å². The monoisotopic (exact) mass is 376 g/mol. The summed E-state index contributed by atoms with van der Waals surface area (Å²) in [6.45, 7) is 6.52. The molecule has 0 aromatic heterocycles. The van der Waals surface area contributed by atoms with Gasteiger partial charge in [0.15, 0.2) is 17.3 Å². The number of likely N-dealkylation sites (tertiary alicyclic amines) is 1. The maximum Gasteiger partial charge on any atom is 0.410 e. The second-order valence-corrected chi connectivity index (χ2v) is 7.54. The van der Waals surface area contributed by atoms with Crippen LogP contribution in [-0.2, 0) is 9.47 Å². The van der Waals surface area contributed by atoms with Gasteiger partial charge in [0.1, 0.15) is 6.61 Å². The van der Waals surface area contributed by atoms with Crippen LogP contribution in [0.3, 0.4) is 0 Å². The molecule has 0 radical (unpaired) electrons. The van der Waals surface area contributed by atoms with Crippen LogP contribution in [0.25, 0.3) is 0 Å². The van der Waals surface area contributed by atoms with Crippen LogP contribution in [0.1, 0.15) is 17.3 Å². The molecule has 0 bridgehead atoms. The molecule has 0 aliphatic carbocycles. The number of likely N-dealkylation sites (N-methyl/N-ethyl adjacent to an activating group) is 1. The van der Waals surface area contributed by atoms with Crippen molar-refractivity contribution in [2.75, 3.05) is 53.3 Å². The highest BCUT2D eigenvalue weighted by molar-refractivity contribution is 6.01. The average Bonchev–Trinajstić information content (AvgIpc) is 3.07. The fourth-order valence-electron chi connectivity index (χ4n) is 3.62. The number of benzene rings is 1. The van der Waals surface area contributed by atoms with Crippen molar-refractivity contribution in [1.82, 2.24) is 9.80 Å². The zero-order valence-corrected chi connectivity index (χ0v) is 15.6. The standard InChI is InChI=1S/C19H24N2O6/c1-13(17(22)14-3-4-15-16(7-14)27-12-26-15)20(2)18(23)25-6-5-21-8-19(9-21)10-24-11-19/h3-4,7,13H,5-6,8-12H2,1-2H3. The van der Waals surface area contributed by atoms with Crippen LogP contribution in [0.15, 0.2) is 18.2 Å². The van der Waals surface area contributed by atoms with Gasteiger partial charge in [-0.3, -0.25) is 9.69 Å². The molecule has 0 N–H and O–H groups in total. The second kappa shape index (κ2) is 7.01. The van der Waals surface area contributed by atoms with Crippen LogP contribution in [0, 0.1) is 5.41 Å². The molecule has 1 amide bonds. The molecule has 1 atom stereocenters. The number of rotatable bonds is 6. The highest BCUT2D eigenvalue weighted by atomic mass is 16.7. The maximum atomic E-state index is 12.7. The minimum atomic E-state index is -0.641. The van der Waals surface area contributed by atoms with E-state index in [1.54, 1.807) is 32.2 Å². The van der Waals surface area contributed by atoms with Crippen molar-refractivity contribution >= 4 is 11.9 Å². The van der Waals surface area contributed by atoms with Crippen LogP contribution in [0.4, 0.5) is 4.79 Å². The molecule has 2 saturated heterocycles. The van der Waals surface area contributed by atoms with Gasteiger partial charge in [-0.1, -0.05) is 0 Å². The first-order chi connectivity index (χ1) is 13.0. The Morgan fingerprint density at radius 2 is 2.00 bits per heavy atom. The summed E-state index contributed by atoms with van der Waals surface area (Å²) in [5.41, 5.74) is 0.826. The number of hydrogen-bond acceptors (Lipinski definition) is 7. The zero-order chi connectivity index (χ0) is 19.0. The normalized spacial score (nSPS) is 20.5. The molecule has 3 aliphatic heterocycles. The number of Topliss-reactive ketones (excluding diaryl/α,β-unsaturated/α-hetero) is 1. The Bertz CT molecular complexity index is 740. The first-order valence-corrected chi connectivity index (χ1v) is 9.11. The summed E-state index contributed by atoms with van der Waals surface area (Å²) in [6.07, 6.45) is -0.501. The van der Waals surface area contributed by atoms with Crippen LogP contribution in [0.2, 0.25) is 0 Å². The third-order valence-electron chi connectivity index (χ3n) is 5.47. The topological polar surface area (TPSA) is 77.5 Å². The molecule has 8 heteroatoms. The van der Waals surface area contributed by atoms with Gasteiger partial charge in [-0.2, -0.15) is 0 Å². The van der Waals surface area contributed by atoms with Crippen molar-refractivity contribution < 1.29 is 28.5 Å². The number of amides is 1. The number of carbonyl (C=O) groups excluding carboxylic acids is 2. The SMILES string of the molecule is CC(C(=O)c1ccc2c(c1)OCO2)N(C)C(=O)OCCN1CC2(COC2)C1. The van der Waals surface area contributed by atoms with Crippen molar-refractivity contribution in [3.63, 3.8) is 0 Å². The predicted molar refractivity (Wildman–Crippen MR) is 95.2 cm³/mol. The molecule has 3 heterocycles. The predicted octanol–water partition coefficient (Wildman–Crippen LogP) is 1.39. The lowest BCUT2D eigenvalue weighted by Gasteiger charge is -2.55. The minimum absolute atomic E-state index is 0.153. The van der Waals surface area contributed by atoms with Gasteiger partial charge in [0.25, 0.3) is 0 Å². The van der Waals surface area contributed by atoms with E-state index in [0.717, 1.165) is 26.3 Å². The fraction of sp³-hybridized carbons (Fsp3) is 0.579. The van der Waals surface area contributed by atoms with Gasteiger partial charge in [0.2, 0.25) is 6.79 Å². The van der Waals surface area contributed by atoms with E-state index in [2.05, 4.69) is 4.90 Å². The van der Waals surface area contributed by atoms with Gasteiger partial charge in [-0.15, -0.1) is 0 Å². The summed E-state index contributed by atoms with van der Waals surface area (Å²) in [4.78, 5) is 28.5. The number of nitrogens with zero attached hydrogens (tertiary/aromatic N) is 2. The van der Waals surface area contributed by atoms with Crippen molar-refractivity contribution in [2.24, 2.45) is 5.41 Å². The Kier molecular flexibility index (Phi) is 4.69. The van der Waals surface area contributed by atoms with Crippen molar-refractivity contribution in [2.45, 2.75) is 13.0 Å². The lowest BCUT2D eigenvalue weighted by atomic mass is 9.78. The Morgan fingerprint density at radius 3 is 2.70 bits per heavy atom. The van der Waals surface area contributed by atoms with Crippen molar-refractivity contribution in [1.29, 1.82) is 0 Å². The third kappa shape index (κ3) is 3.46. The number of ketones is 1. The summed E-state index contributed by atoms with van der Waals surface area (Å²) in [7, 11) is 1.57. The van der Waals surface area contributed by atoms with Crippen molar-refractivity contribution in [3.05, 3.63) is 23.8 Å². The minimum Gasteiger partial charge on any atom is -0.454 e. The Morgan fingerprint density at radius 1 is 1.26 bits per heavy atom. The summed E-state index contributed by atoms with van der Waals surface area (Å²) in [5.74, 6) is 0.984. The molecule has 27 heavy (non-hydrogen) atoms. The molecule has 1 aromatic carbocycles. The largest absolute Gasteiger partial charge is 0.454 e. The van der Waals surface area contributed by atoms with Gasteiger partial charge in [-0.25, -0.2) is 4.79 Å². The molecular weight excluding hydrogens is 352 g/mol. The quantitative estimate of drug-likeness (QED) is 0.694. The van der Waals surface area contributed by atoms with E-state index in [4.69, 9.17) is 18.9 Å². The van der Waals surface area contributed by atoms with Gasteiger partial charge >= 0.3 is 6.09 Å². The van der Waals surface area contributed by atoms with Gasteiger partial charge in [0, 0.05) is 37.7 Å². The lowest BCUT2D eigenvalue weighted by Crippen LogP contribution is -2.66. The van der Waals surface area contributed by atoms with Crippen molar-refractivity contribution in [3.8, 4) is 11.5 Å². The molecule has 1 unspecified atom stereocenters. The van der Waals surface area contributed by atoms with Crippen LogP contribution in [0.5, 0.6) is 11.5 Å². The molecule has 0 saturated carbocycles. The number of ether oxygens (including phenoxy) is 4. The maximum absolute atomic E-state index is 12.7. The van der Waals surface area contributed by atoms with Gasteiger partial charge in [-0.05, 0) is 25.1 Å². The molecule has 1 aromatic rings. The Hall–Kier alpha value is -2.32. The summed E-state index contributed by atoms with van der Waals surface area (Å²) in [5, 5.41) is 0. The van der Waals surface area contributed by atoms with Crippen LogP contribution < -0.4 is 9.47 Å². The first-order valence-electron chi connectivity index (χ1n) is 9.11. The summed E-state index contributed by atoms with van der Waals surface area (Å²) in [6, 6.07) is 4.38. The number of carbonyl (C=O) groups is 2. The van der Waals surface area contributed by atoms with Crippen LogP contribution in [-0.4, -0.2) is 81.0 Å². The highest BCUT2D eigenvalue weighted by Gasteiger charge is 2.48. The number of hydrogen-bond donors (Lipinski definition) is 0. The Labute approximate surface area is 157 Å². The van der Waals surface area contributed by atoms with E-state index in [9.17, 15) is 9.59 Å². The van der Waals surface area contributed by atoms with Crippen LogP contribution >= 0.6 is 0 Å². The molecule has 3 aliphatic rings. The van der Waals surface area contributed by atoms with E-state index in [0.29, 0.717) is 35.6 Å².